The third kappa shape index (κ3) is 2.59. The molecule has 1 aromatic carbocycles. The SMILES string of the molecule is CC(C)c1cccc2c(CC(=O)O)c3c(nc12)CCN(C)C3. The van der Waals surface area contributed by atoms with Crippen LogP contribution < -0.4 is 0 Å². The number of hydrogen-bond donors (Lipinski definition) is 1. The minimum atomic E-state index is -0.780. The van der Waals surface area contributed by atoms with Crippen LogP contribution in [-0.2, 0) is 24.2 Å². The fraction of sp³-hybridized carbons (Fsp3) is 0.444. The lowest BCUT2D eigenvalue weighted by Crippen LogP contribution is -2.29. The molecule has 2 heterocycles. The minimum Gasteiger partial charge on any atom is -0.481 e. The number of aliphatic carboxylic acids is 1. The van der Waals surface area contributed by atoms with Gasteiger partial charge in [0.15, 0.2) is 0 Å². The van der Waals surface area contributed by atoms with Crippen LogP contribution in [0.1, 0.15) is 42.1 Å². The van der Waals surface area contributed by atoms with E-state index >= 15 is 0 Å². The number of carboxylic acids is 1. The zero-order valence-electron chi connectivity index (χ0n) is 13.4. The Labute approximate surface area is 130 Å². The highest BCUT2D eigenvalue weighted by atomic mass is 16.4. The number of hydrogen-bond acceptors (Lipinski definition) is 3. The molecule has 1 N–H and O–H groups in total. The predicted molar refractivity (Wildman–Crippen MR) is 87.2 cm³/mol. The fourth-order valence-corrected chi connectivity index (χ4v) is 3.33. The molecule has 1 aliphatic heterocycles. The standard InChI is InChI=1S/C18H22N2O2/c1-11(2)12-5-4-6-13-14(9-17(21)22)15-10-20(3)8-7-16(15)19-18(12)13/h4-6,11H,7-10H2,1-3H3,(H,21,22). The summed E-state index contributed by atoms with van der Waals surface area (Å²) in [5, 5.41) is 10.3. The second kappa shape index (κ2) is 5.69. The van der Waals surface area contributed by atoms with Gasteiger partial charge in [-0.05, 0) is 29.7 Å². The van der Waals surface area contributed by atoms with Crippen molar-refractivity contribution in [2.24, 2.45) is 0 Å². The van der Waals surface area contributed by atoms with E-state index in [1.165, 1.54) is 5.56 Å². The van der Waals surface area contributed by atoms with Crippen molar-refractivity contribution >= 4 is 16.9 Å². The summed E-state index contributed by atoms with van der Waals surface area (Å²) in [5.74, 6) is -0.406. The normalized spacial score (nSPS) is 15.3. The average Bonchev–Trinajstić information content (AvgIpc) is 2.46. The smallest absolute Gasteiger partial charge is 0.307 e. The summed E-state index contributed by atoms with van der Waals surface area (Å²) < 4.78 is 0. The third-order valence-corrected chi connectivity index (χ3v) is 4.46. The molecule has 4 heteroatoms. The lowest BCUT2D eigenvalue weighted by Gasteiger charge is -2.27. The molecule has 0 bridgehead atoms. The molecule has 0 saturated heterocycles. The van der Waals surface area contributed by atoms with Crippen LogP contribution in [0.2, 0.25) is 0 Å². The number of rotatable bonds is 3. The van der Waals surface area contributed by atoms with E-state index in [9.17, 15) is 9.90 Å². The van der Waals surface area contributed by atoms with Gasteiger partial charge in [-0.1, -0.05) is 32.0 Å². The summed E-state index contributed by atoms with van der Waals surface area (Å²) in [6, 6.07) is 6.14. The Morgan fingerprint density at radius 1 is 1.41 bits per heavy atom. The molecule has 0 aliphatic carbocycles. The number of pyridine rings is 1. The van der Waals surface area contributed by atoms with Crippen molar-refractivity contribution in [3.05, 3.63) is 40.6 Å². The van der Waals surface area contributed by atoms with Gasteiger partial charge in [0.2, 0.25) is 0 Å². The zero-order chi connectivity index (χ0) is 15.9. The first-order valence-electron chi connectivity index (χ1n) is 7.81. The average molecular weight is 298 g/mol. The molecule has 2 aromatic rings. The fourth-order valence-electron chi connectivity index (χ4n) is 3.33. The van der Waals surface area contributed by atoms with E-state index in [1.807, 2.05) is 12.1 Å². The van der Waals surface area contributed by atoms with Gasteiger partial charge in [0.05, 0.1) is 11.9 Å². The van der Waals surface area contributed by atoms with Crippen molar-refractivity contribution in [1.82, 2.24) is 9.88 Å². The van der Waals surface area contributed by atoms with E-state index in [2.05, 4.69) is 31.9 Å². The number of likely N-dealkylation sites (N-methyl/N-ethyl adjacent to an activating group) is 1. The van der Waals surface area contributed by atoms with Crippen LogP contribution in [0.4, 0.5) is 0 Å². The van der Waals surface area contributed by atoms with Crippen LogP contribution in [0.15, 0.2) is 18.2 Å². The van der Waals surface area contributed by atoms with Crippen LogP contribution in [-0.4, -0.2) is 34.6 Å². The van der Waals surface area contributed by atoms with E-state index in [0.717, 1.165) is 47.2 Å². The van der Waals surface area contributed by atoms with E-state index in [4.69, 9.17) is 4.98 Å². The van der Waals surface area contributed by atoms with Gasteiger partial charge in [-0.25, -0.2) is 0 Å². The molecular formula is C18H22N2O2. The van der Waals surface area contributed by atoms with Crippen molar-refractivity contribution in [3.63, 3.8) is 0 Å². The Balaban J connectivity index is 2.32. The highest BCUT2D eigenvalue weighted by Gasteiger charge is 2.23. The van der Waals surface area contributed by atoms with E-state index in [1.54, 1.807) is 0 Å². The Bertz CT molecular complexity index is 737. The Kier molecular flexibility index (Phi) is 3.87. The molecule has 0 spiro atoms. The zero-order valence-corrected chi connectivity index (χ0v) is 13.4. The maximum atomic E-state index is 11.4. The molecule has 0 atom stereocenters. The number of para-hydroxylation sites is 1. The lowest BCUT2D eigenvalue weighted by atomic mass is 9.91. The van der Waals surface area contributed by atoms with E-state index in [0.29, 0.717) is 5.92 Å². The van der Waals surface area contributed by atoms with Gasteiger partial charge in [0.25, 0.3) is 0 Å². The Morgan fingerprint density at radius 3 is 2.86 bits per heavy atom. The van der Waals surface area contributed by atoms with Crippen molar-refractivity contribution in [1.29, 1.82) is 0 Å². The number of carbonyl (C=O) groups is 1. The van der Waals surface area contributed by atoms with E-state index in [-0.39, 0.29) is 6.42 Å². The number of benzene rings is 1. The first kappa shape index (κ1) is 15.0. The third-order valence-electron chi connectivity index (χ3n) is 4.46. The van der Waals surface area contributed by atoms with Crippen molar-refractivity contribution in [3.8, 4) is 0 Å². The summed E-state index contributed by atoms with van der Waals surface area (Å²) in [6.07, 6.45) is 0.956. The predicted octanol–water partition coefficient (Wildman–Crippen LogP) is 2.97. The summed E-state index contributed by atoms with van der Waals surface area (Å²) in [4.78, 5) is 18.5. The maximum Gasteiger partial charge on any atom is 0.307 e. The molecule has 3 rings (SSSR count). The van der Waals surface area contributed by atoms with Gasteiger partial charge in [0.1, 0.15) is 0 Å². The monoisotopic (exact) mass is 298 g/mol. The summed E-state index contributed by atoms with van der Waals surface area (Å²) >= 11 is 0. The van der Waals surface area contributed by atoms with Crippen LogP contribution in [0, 0.1) is 0 Å². The maximum absolute atomic E-state index is 11.4. The van der Waals surface area contributed by atoms with Crippen molar-refractivity contribution < 1.29 is 9.90 Å². The number of fused-ring (bicyclic) bond motifs is 2. The van der Waals surface area contributed by atoms with Crippen LogP contribution in [0.3, 0.4) is 0 Å². The van der Waals surface area contributed by atoms with Crippen LogP contribution in [0.25, 0.3) is 10.9 Å². The first-order chi connectivity index (χ1) is 10.5. The first-order valence-corrected chi connectivity index (χ1v) is 7.81. The topological polar surface area (TPSA) is 53.4 Å². The second-order valence-electron chi connectivity index (χ2n) is 6.47. The Hall–Kier alpha value is -1.94. The van der Waals surface area contributed by atoms with Gasteiger partial charge in [-0.3, -0.25) is 9.78 Å². The van der Waals surface area contributed by atoms with Gasteiger partial charge >= 0.3 is 5.97 Å². The van der Waals surface area contributed by atoms with Gasteiger partial charge < -0.3 is 10.0 Å². The molecule has 1 aliphatic rings. The molecule has 0 fully saturated rings. The summed E-state index contributed by atoms with van der Waals surface area (Å²) in [5.41, 5.74) is 5.32. The lowest BCUT2D eigenvalue weighted by molar-refractivity contribution is -0.136. The summed E-state index contributed by atoms with van der Waals surface area (Å²) in [7, 11) is 2.07. The Morgan fingerprint density at radius 2 is 2.18 bits per heavy atom. The van der Waals surface area contributed by atoms with Crippen LogP contribution >= 0.6 is 0 Å². The molecule has 0 unspecified atom stereocenters. The van der Waals surface area contributed by atoms with Crippen molar-refractivity contribution in [2.75, 3.05) is 13.6 Å². The van der Waals surface area contributed by atoms with Gasteiger partial charge in [-0.2, -0.15) is 0 Å². The summed E-state index contributed by atoms with van der Waals surface area (Å²) in [6.45, 7) is 6.07. The molecule has 0 radical (unpaired) electrons. The largest absolute Gasteiger partial charge is 0.481 e. The number of carboxylic acid groups (broad SMARTS) is 1. The number of aromatic nitrogens is 1. The van der Waals surface area contributed by atoms with Gasteiger partial charge in [-0.15, -0.1) is 0 Å². The van der Waals surface area contributed by atoms with Gasteiger partial charge in [0, 0.05) is 30.6 Å². The quantitative estimate of drug-likeness (QED) is 0.946. The highest BCUT2D eigenvalue weighted by Crippen LogP contribution is 2.32. The number of nitrogens with zero attached hydrogens (tertiary/aromatic N) is 2. The second-order valence-corrected chi connectivity index (χ2v) is 6.47. The molecular weight excluding hydrogens is 276 g/mol. The highest BCUT2D eigenvalue weighted by molar-refractivity contribution is 5.90. The molecule has 0 saturated carbocycles. The van der Waals surface area contributed by atoms with Crippen molar-refractivity contribution in [2.45, 2.75) is 39.2 Å². The molecule has 0 amide bonds. The minimum absolute atomic E-state index is 0.0662. The van der Waals surface area contributed by atoms with E-state index < -0.39 is 5.97 Å². The molecule has 22 heavy (non-hydrogen) atoms. The molecule has 1 aromatic heterocycles. The molecule has 116 valence electrons. The van der Waals surface area contributed by atoms with Crippen LogP contribution in [0.5, 0.6) is 0 Å². The molecule has 4 nitrogen and oxygen atoms in total.